The Morgan fingerprint density at radius 1 is 1.26 bits per heavy atom. The second-order valence-corrected chi connectivity index (χ2v) is 4.83. The van der Waals surface area contributed by atoms with Gasteiger partial charge in [-0.25, -0.2) is 4.98 Å². The molecule has 3 rings (SSSR count). The van der Waals surface area contributed by atoms with Crippen LogP contribution in [0.1, 0.15) is 21.5 Å². The first kappa shape index (κ1) is 11.9. The molecule has 0 aliphatic rings. The lowest BCUT2D eigenvalue weighted by atomic mass is 9.99. The number of nitrogens with one attached hydrogen (secondary N) is 1. The fraction of sp³-hybridized carbons (Fsp3) is 0.0667. The van der Waals surface area contributed by atoms with Gasteiger partial charge in [0.05, 0.1) is 0 Å². The van der Waals surface area contributed by atoms with Gasteiger partial charge >= 0.3 is 0 Å². The van der Waals surface area contributed by atoms with Crippen LogP contribution in [0.25, 0.3) is 11.0 Å². The molecule has 2 aromatic heterocycles. The molecule has 1 aromatic carbocycles. The number of rotatable bonds is 2. The number of aromatic nitrogens is 2. The lowest BCUT2D eigenvalue weighted by Crippen LogP contribution is -2.03. The standard InChI is InChI=1S/C15H11ClN2O/c1-9-4-5-10(16)7-12(9)14(19)13-8-18-15-11(13)3-2-6-17-15/h2-8H,1H3,(H,17,18). The third-order valence-electron chi connectivity index (χ3n) is 3.14. The number of benzene rings is 1. The van der Waals surface area contributed by atoms with Gasteiger partial charge < -0.3 is 4.98 Å². The summed E-state index contributed by atoms with van der Waals surface area (Å²) in [6.45, 7) is 1.90. The second-order valence-electron chi connectivity index (χ2n) is 4.39. The number of hydrogen-bond donors (Lipinski definition) is 1. The van der Waals surface area contributed by atoms with Crippen LogP contribution in [0.2, 0.25) is 5.02 Å². The summed E-state index contributed by atoms with van der Waals surface area (Å²) in [4.78, 5) is 19.8. The van der Waals surface area contributed by atoms with Crippen molar-refractivity contribution in [1.82, 2.24) is 9.97 Å². The number of ketones is 1. The Morgan fingerprint density at radius 3 is 2.95 bits per heavy atom. The molecular weight excluding hydrogens is 260 g/mol. The maximum atomic E-state index is 12.6. The molecule has 4 heteroatoms. The first-order valence-electron chi connectivity index (χ1n) is 5.90. The van der Waals surface area contributed by atoms with Crippen molar-refractivity contribution in [2.45, 2.75) is 6.92 Å². The van der Waals surface area contributed by atoms with E-state index in [1.54, 1.807) is 24.5 Å². The molecule has 0 aliphatic carbocycles. The average molecular weight is 271 g/mol. The topological polar surface area (TPSA) is 45.8 Å². The van der Waals surface area contributed by atoms with Crippen LogP contribution in [0.3, 0.4) is 0 Å². The molecule has 94 valence electrons. The van der Waals surface area contributed by atoms with Crippen molar-refractivity contribution in [2.75, 3.05) is 0 Å². The van der Waals surface area contributed by atoms with E-state index in [-0.39, 0.29) is 5.78 Å². The highest BCUT2D eigenvalue weighted by Crippen LogP contribution is 2.23. The molecule has 0 aliphatic heterocycles. The molecule has 0 atom stereocenters. The highest BCUT2D eigenvalue weighted by atomic mass is 35.5. The number of pyridine rings is 1. The molecule has 19 heavy (non-hydrogen) atoms. The fourth-order valence-corrected chi connectivity index (χ4v) is 2.30. The molecule has 0 fully saturated rings. The maximum Gasteiger partial charge on any atom is 0.195 e. The molecule has 2 heterocycles. The molecular formula is C15H11ClN2O. The van der Waals surface area contributed by atoms with Gasteiger partial charge in [-0.1, -0.05) is 17.7 Å². The van der Waals surface area contributed by atoms with E-state index in [4.69, 9.17) is 11.6 Å². The maximum absolute atomic E-state index is 12.6. The first-order valence-corrected chi connectivity index (χ1v) is 6.27. The van der Waals surface area contributed by atoms with Crippen LogP contribution < -0.4 is 0 Å². The number of aryl methyl sites for hydroxylation is 1. The number of halogens is 1. The van der Waals surface area contributed by atoms with Gasteiger partial charge in [0.1, 0.15) is 5.65 Å². The zero-order valence-corrected chi connectivity index (χ0v) is 11.0. The molecule has 0 radical (unpaired) electrons. The van der Waals surface area contributed by atoms with Crippen LogP contribution >= 0.6 is 11.6 Å². The van der Waals surface area contributed by atoms with Crippen LogP contribution in [-0.4, -0.2) is 15.8 Å². The SMILES string of the molecule is Cc1ccc(Cl)cc1C(=O)c1c[nH]c2ncccc12. The van der Waals surface area contributed by atoms with E-state index in [1.165, 1.54) is 0 Å². The minimum absolute atomic E-state index is 0.0424. The summed E-state index contributed by atoms with van der Waals surface area (Å²) in [5, 5.41) is 1.39. The molecule has 0 amide bonds. The summed E-state index contributed by atoms with van der Waals surface area (Å²) in [6, 6.07) is 9.03. The molecule has 1 N–H and O–H groups in total. The van der Waals surface area contributed by atoms with Crippen molar-refractivity contribution < 1.29 is 4.79 Å². The minimum Gasteiger partial charge on any atom is -0.345 e. The Kier molecular flexibility index (Phi) is 2.84. The third kappa shape index (κ3) is 2.02. The summed E-state index contributed by atoms with van der Waals surface area (Å²) in [5.41, 5.74) is 2.86. The Bertz CT molecular complexity index is 777. The average Bonchev–Trinajstić information content (AvgIpc) is 2.84. The van der Waals surface area contributed by atoms with Crippen molar-refractivity contribution in [1.29, 1.82) is 0 Å². The largest absolute Gasteiger partial charge is 0.345 e. The Labute approximate surface area is 115 Å². The van der Waals surface area contributed by atoms with Gasteiger partial charge in [0.25, 0.3) is 0 Å². The van der Waals surface area contributed by atoms with Crippen molar-refractivity contribution in [3.05, 3.63) is 64.4 Å². The number of hydrogen-bond acceptors (Lipinski definition) is 2. The van der Waals surface area contributed by atoms with E-state index in [0.29, 0.717) is 21.8 Å². The van der Waals surface area contributed by atoms with E-state index < -0.39 is 0 Å². The number of aromatic amines is 1. The van der Waals surface area contributed by atoms with Crippen LogP contribution in [0.15, 0.2) is 42.7 Å². The van der Waals surface area contributed by atoms with Crippen LogP contribution in [0.4, 0.5) is 0 Å². The molecule has 0 bridgehead atoms. The van der Waals surface area contributed by atoms with E-state index in [0.717, 1.165) is 10.9 Å². The second kappa shape index (κ2) is 4.52. The summed E-state index contributed by atoms with van der Waals surface area (Å²) in [7, 11) is 0. The Morgan fingerprint density at radius 2 is 2.11 bits per heavy atom. The number of nitrogens with zero attached hydrogens (tertiary/aromatic N) is 1. The highest BCUT2D eigenvalue weighted by molar-refractivity contribution is 6.31. The lowest BCUT2D eigenvalue weighted by molar-refractivity contribution is 0.104. The van der Waals surface area contributed by atoms with Crippen LogP contribution in [0.5, 0.6) is 0 Å². The van der Waals surface area contributed by atoms with Crippen molar-refractivity contribution in [2.24, 2.45) is 0 Å². The smallest absolute Gasteiger partial charge is 0.195 e. The molecule has 0 spiro atoms. The van der Waals surface area contributed by atoms with Crippen molar-refractivity contribution in [3.8, 4) is 0 Å². The minimum atomic E-state index is -0.0424. The van der Waals surface area contributed by atoms with Crippen molar-refractivity contribution >= 4 is 28.4 Å². The van der Waals surface area contributed by atoms with Crippen LogP contribution in [-0.2, 0) is 0 Å². The third-order valence-corrected chi connectivity index (χ3v) is 3.38. The quantitative estimate of drug-likeness (QED) is 0.721. The number of carbonyl (C=O) groups excluding carboxylic acids is 1. The van der Waals surface area contributed by atoms with E-state index >= 15 is 0 Å². The predicted molar refractivity (Wildman–Crippen MR) is 75.7 cm³/mol. The number of H-pyrrole nitrogens is 1. The summed E-state index contributed by atoms with van der Waals surface area (Å²) >= 11 is 5.97. The monoisotopic (exact) mass is 270 g/mol. The predicted octanol–water partition coefficient (Wildman–Crippen LogP) is 3.76. The van der Waals surface area contributed by atoms with Gasteiger partial charge in [-0.15, -0.1) is 0 Å². The number of fused-ring (bicyclic) bond motifs is 1. The molecule has 0 unspecified atom stereocenters. The van der Waals surface area contributed by atoms with Gasteiger partial charge in [0.2, 0.25) is 0 Å². The fourth-order valence-electron chi connectivity index (χ4n) is 2.13. The molecule has 3 nitrogen and oxygen atoms in total. The van der Waals surface area contributed by atoms with Gasteiger partial charge in [-0.3, -0.25) is 4.79 Å². The molecule has 3 aromatic rings. The van der Waals surface area contributed by atoms with Gasteiger partial charge in [-0.05, 0) is 36.8 Å². The van der Waals surface area contributed by atoms with E-state index in [2.05, 4.69) is 9.97 Å². The van der Waals surface area contributed by atoms with E-state index in [9.17, 15) is 4.79 Å². The first-order chi connectivity index (χ1) is 9.16. The lowest BCUT2D eigenvalue weighted by Gasteiger charge is -2.04. The molecule has 0 saturated carbocycles. The Hall–Kier alpha value is -2.13. The zero-order chi connectivity index (χ0) is 13.4. The zero-order valence-electron chi connectivity index (χ0n) is 10.3. The highest BCUT2D eigenvalue weighted by Gasteiger charge is 2.16. The van der Waals surface area contributed by atoms with Gasteiger partial charge in [-0.2, -0.15) is 0 Å². The summed E-state index contributed by atoms with van der Waals surface area (Å²) in [5.74, 6) is -0.0424. The molecule has 0 saturated heterocycles. The summed E-state index contributed by atoms with van der Waals surface area (Å²) in [6.07, 6.45) is 3.39. The van der Waals surface area contributed by atoms with Crippen molar-refractivity contribution in [3.63, 3.8) is 0 Å². The van der Waals surface area contributed by atoms with E-state index in [1.807, 2.05) is 25.1 Å². The summed E-state index contributed by atoms with van der Waals surface area (Å²) < 4.78 is 0. The van der Waals surface area contributed by atoms with Gasteiger partial charge in [0.15, 0.2) is 5.78 Å². The van der Waals surface area contributed by atoms with Crippen LogP contribution in [0, 0.1) is 6.92 Å². The number of carbonyl (C=O) groups is 1. The normalized spacial score (nSPS) is 10.8. The Balaban J connectivity index is 2.16. The van der Waals surface area contributed by atoms with Gasteiger partial charge in [0, 0.05) is 33.9 Å².